The number of ether oxygens (including phenoxy) is 1. The molecule has 1 aliphatic heterocycles. The van der Waals surface area contributed by atoms with Crippen molar-refractivity contribution in [3.8, 4) is 0 Å². The number of sulfone groups is 1. The summed E-state index contributed by atoms with van der Waals surface area (Å²) in [7, 11) is -3.00. The molecule has 0 saturated carbocycles. The van der Waals surface area contributed by atoms with E-state index in [0.717, 1.165) is 18.7 Å². The van der Waals surface area contributed by atoms with Crippen molar-refractivity contribution in [1.82, 2.24) is 15.5 Å². The number of rotatable bonds is 9. The first-order chi connectivity index (χ1) is 13.3. The molecule has 2 N–H and O–H groups in total. The van der Waals surface area contributed by atoms with Crippen LogP contribution < -0.4 is 10.6 Å². The lowest BCUT2D eigenvalue weighted by Crippen LogP contribution is -2.48. The quantitative estimate of drug-likeness (QED) is 0.562. The van der Waals surface area contributed by atoms with E-state index in [4.69, 9.17) is 27.9 Å². The molecule has 1 aromatic rings. The molecule has 1 aromatic carbocycles. The van der Waals surface area contributed by atoms with Crippen molar-refractivity contribution >= 4 is 39.1 Å². The molecule has 0 aliphatic carbocycles. The fourth-order valence-corrected chi connectivity index (χ4v) is 4.04. The number of urea groups is 1. The first-order valence-electron chi connectivity index (χ1n) is 9.29. The van der Waals surface area contributed by atoms with Crippen LogP contribution in [0, 0.1) is 0 Å². The second-order valence-corrected chi connectivity index (χ2v) is 9.99. The van der Waals surface area contributed by atoms with Crippen LogP contribution >= 0.6 is 23.2 Å². The van der Waals surface area contributed by atoms with Gasteiger partial charge in [0, 0.05) is 38.5 Å². The van der Waals surface area contributed by atoms with Gasteiger partial charge in [-0.2, -0.15) is 0 Å². The van der Waals surface area contributed by atoms with Crippen LogP contribution in [0.4, 0.5) is 4.79 Å². The van der Waals surface area contributed by atoms with E-state index in [1.807, 2.05) is 12.1 Å². The number of halogens is 2. The molecule has 2 amide bonds. The number of carbonyl (C=O) groups is 1. The second kappa shape index (κ2) is 11.2. The second-order valence-electron chi connectivity index (χ2n) is 6.70. The lowest BCUT2D eigenvalue weighted by molar-refractivity contribution is -0.0287. The number of hydrogen-bond acceptors (Lipinski definition) is 5. The molecular weight excluding hydrogens is 425 g/mol. The van der Waals surface area contributed by atoms with Gasteiger partial charge in [0.1, 0.15) is 9.84 Å². The SMILES string of the molecule is CCS(=O)(=O)CCCNC(=O)NC[C@H]1CN(Cc2ccc(Cl)c(Cl)c2)CCO1. The van der Waals surface area contributed by atoms with E-state index in [9.17, 15) is 13.2 Å². The Balaban J connectivity index is 1.68. The molecule has 158 valence electrons. The predicted octanol–water partition coefficient (Wildman–Crippen LogP) is 2.32. The molecule has 1 fully saturated rings. The van der Waals surface area contributed by atoms with Gasteiger partial charge in [0.25, 0.3) is 0 Å². The Hall–Kier alpha value is -1.06. The Morgan fingerprint density at radius 1 is 1.29 bits per heavy atom. The minimum absolute atomic E-state index is 0.0825. The molecular formula is C18H27Cl2N3O4S. The first-order valence-corrected chi connectivity index (χ1v) is 11.9. The number of morpholine rings is 1. The Labute approximate surface area is 176 Å². The molecule has 0 bridgehead atoms. The van der Waals surface area contributed by atoms with E-state index < -0.39 is 9.84 Å². The van der Waals surface area contributed by atoms with Gasteiger partial charge in [-0.15, -0.1) is 0 Å². The van der Waals surface area contributed by atoms with Gasteiger partial charge >= 0.3 is 6.03 Å². The maximum absolute atomic E-state index is 11.9. The zero-order valence-corrected chi connectivity index (χ0v) is 18.2. The zero-order chi connectivity index (χ0) is 20.6. The standard InChI is InChI=1S/C18H27Cl2N3O4S/c1-2-28(25,26)9-3-6-21-18(24)22-11-15-13-23(7-8-27-15)12-14-4-5-16(19)17(20)10-14/h4-5,10,15H,2-3,6-9,11-13H2,1H3,(H2,21,22,24)/t15-/m0/s1. The van der Waals surface area contributed by atoms with Gasteiger partial charge in [-0.3, -0.25) is 4.90 Å². The molecule has 0 radical (unpaired) electrons. The molecule has 1 heterocycles. The summed E-state index contributed by atoms with van der Waals surface area (Å²) in [5, 5.41) is 6.52. The number of hydrogen-bond donors (Lipinski definition) is 2. The van der Waals surface area contributed by atoms with Crippen LogP contribution in [0.1, 0.15) is 18.9 Å². The van der Waals surface area contributed by atoms with Crippen LogP contribution in [-0.4, -0.2) is 69.7 Å². The van der Waals surface area contributed by atoms with Gasteiger partial charge in [0.05, 0.1) is 28.5 Å². The lowest BCUT2D eigenvalue weighted by Gasteiger charge is -2.33. The van der Waals surface area contributed by atoms with Gasteiger partial charge < -0.3 is 15.4 Å². The maximum atomic E-state index is 11.9. The van der Waals surface area contributed by atoms with Crippen LogP contribution in [0.15, 0.2) is 18.2 Å². The van der Waals surface area contributed by atoms with Crippen molar-refractivity contribution in [2.45, 2.75) is 26.0 Å². The molecule has 0 unspecified atom stereocenters. The Bertz CT molecular complexity index is 761. The minimum Gasteiger partial charge on any atom is -0.374 e. The third kappa shape index (κ3) is 8.13. The summed E-state index contributed by atoms with van der Waals surface area (Å²) < 4.78 is 28.5. The Morgan fingerprint density at radius 3 is 2.79 bits per heavy atom. The lowest BCUT2D eigenvalue weighted by atomic mass is 10.2. The van der Waals surface area contributed by atoms with Gasteiger partial charge in [-0.05, 0) is 24.1 Å². The smallest absolute Gasteiger partial charge is 0.314 e. The summed E-state index contributed by atoms with van der Waals surface area (Å²) in [6, 6.07) is 5.27. The van der Waals surface area contributed by atoms with E-state index >= 15 is 0 Å². The summed E-state index contributed by atoms with van der Waals surface area (Å²) in [6.07, 6.45) is 0.295. The fraction of sp³-hybridized carbons (Fsp3) is 0.611. The molecule has 1 saturated heterocycles. The maximum Gasteiger partial charge on any atom is 0.314 e. The summed E-state index contributed by atoms with van der Waals surface area (Å²) in [6.45, 7) is 5.13. The molecule has 2 rings (SSSR count). The van der Waals surface area contributed by atoms with Crippen LogP contribution in [0.2, 0.25) is 10.0 Å². The molecule has 28 heavy (non-hydrogen) atoms. The van der Waals surface area contributed by atoms with Crippen LogP contribution in [0.5, 0.6) is 0 Å². The first kappa shape index (κ1) is 23.2. The third-order valence-corrected chi connectivity index (χ3v) is 6.99. The van der Waals surface area contributed by atoms with Crippen molar-refractivity contribution in [2.75, 3.05) is 44.3 Å². The molecule has 0 spiro atoms. The molecule has 0 aromatic heterocycles. The third-order valence-electron chi connectivity index (χ3n) is 4.46. The van der Waals surface area contributed by atoms with Crippen molar-refractivity contribution in [1.29, 1.82) is 0 Å². The van der Waals surface area contributed by atoms with E-state index in [1.54, 1.807) is 13.0 Å². The summed E-state index contributed by atoms with van der Waals surface area (Å²) in [5.74, 6) is 0.204. The Morgan fingerprint density at radius 2 is 2.07 bits per heavy atom. The van der Waals surface area contributed by atoms with Crippen LogP contribution in [0.3, 0.4) is 0 Å². The van der Waals surface area contributed by atoms with E-state index in [1.165, 1.54) is 0 Å². The molecule has 10 heteroatoms. The van der Waals surface area contributed by atoms with Crippen molar-refractivity contribution < 1.29 is 17.9 Å². The van der Waals surface area contributed by atoms with Crippen molar-refractivity contribution in [3.63, 3.8) is 0 Å². The normalized spacial score (nSPS) is 18.0. The van der Waals surface area contributed by atoms with Gasteiger partial charge in [0.15, 0.2) is 0 Å². The fourth-order valence-electron chi connectivity index (χ4n) is 2.85. The molecule has 7 nitrogen and oxygen atoms in total. The summed E-state index contributed by atoms with van der Waals surface area (Å²) in [4.78, 5) is 14.1. The average Bonchev–Trinajstić information content (AvgIpc) is 2.67. The monoisotopic (exact) mass is 451 g/mol. The van der Waals surface area contributed by atoms with Crippen molar-refractivity contribution in [3.05, 3.63) is 33.8 Å². The zero-order valence-electron chi connectivity index (χ0n) is 15.9. The number of carbonyl (C=O) groups excluding carboxylic acids is 1. The summed E-state index contributed by atoms with van der Waals surface area (Å²) >= 11 is 12.0. The average molecular weight is 452 g/mol. The summed E-state index contributed by atoms with van der Waals surface area (Å²) in [5.41, 5.74) is 1.07. The highest BCUT2D eigenvalue weighted by molar-refractivity contribution is 7.91. The van der Waals surface area contributed by atoms with Crippen molar-refractivity contribution in [2.24, 2.45) is 0 Å². The molecule has 1 aliphatic rings. The van der Waals surface area contributed by atoms with E-state index in [2.05, 4.69) is 15.5 Å². The topological polar surface area (TPSA) is 87.7 Å². The number of nitrogens with zero attached hydrogens (tertiary/aromatic N) is 1. The highest BCUT2D eigenvalue weighted by atomic mass is 35.5. The molecule has 1 atom stereocenters. The largest absolute Gasteiger partial charge is 0.374 e. The predicted molar refractivity (Wildman–Crippen MR) is 112 cm³/mol. The number of benzene rings is 1. The van der Waals surface area contributed by atoms with Gasteiger partial charge in [-0.1, -0.05) is 36.2 Å². The van der Waals surface area contributed by atoms with E-state index in [0.29, 0.717) is 42.7 Å². The van der Waals surface area contributed by atoms with Gasteiger partial charge in [-0.25, -0.2) is 13.2 Å². The van der Waals surface area contributed by atoms with Gasteiger partial charge in [0.2, 0.25) is 0 Å². The van der Waals surface area contributed by atoms with Crippen LogP contribution in [0.25, 0.3) is 0 Å². The number of nitrogens with one attached hydrogen (secondary N) is 2. The highest BCUT2D eigenvalue weighted by Crippen LogP contribution is 2.23. The number of amides is 2. The van der Waals surface area contributed by atoms with E-state index in [-0.39, 0.29) is 23.6 Å². The highest BCUT2D eigenvalue weighted by Gasteiger charge is 2.21. The van der Waals surface area contributed by atoms with Crippen LogP contribution in [-0.2, 0) is 21.1 Å². The Kier molecular flexibility index (Phi) is 9.30. The minimum atomic E-state index is -3.00.